The highest BCUT2D eigenvalue weighted by atomic mass is 16.7. The highest BCUT2D eigenvalue weighted by Crippen LogP contribution is 2.46. The quantitative estimate of drug-likeness (QED) is 0.252. The summed E-state index contributed by atoms with van der Waals surface area (Å²) in [5.41, 5.74) is -1.53. The van der Waals surface area contributed by atoms with E-state index in [2.05, 4.69) is 51.9 Å². The van der Waals surface area contributed by atoms with Gasteiger partial charge in [-0.05, 0) is 53.4 Å². The van der Waals surface area contributed by atoms with Gasteiger partial charge in [-0.1, -0.05) is 71.6 Å². The van der Waals surface area contributed by atoms with Crippen molar-refractivity contribution >= 4 is 11.9 Å². The number of unbranched alkanes of at least 4 members (excludes halogenated alkanes) is 9. The van der Waals surface area contributed by atoms with Crippen molar-refractivity contribution < 1.29 is 14.4 Å². The fourth-order valence-corrected chi connectivity index (χ4v) is 5.91. The normalized spacial score (nSPS) is 22.0. The second-order valence-corrected chi connectivity index (χ2v) is 11.3. The summed E-state index contributed by atoms with van der Waals surface area (Å²) >= 11 is 0. The molecule has 6 nitrogen and oxygen atoms in total. The maximum atomic E-state index is 13.5. The number of carbonyl (C=O) groups is 2. The summed E-state index contributed by atoms with van der Waals surface area (Å²) in [6, 6.07) is -0.222. The van der Waals surface area contributed by atoms with Crippen molar-refractivity contribution in [3.8, 4) is 0 Å². The van der Waals surface area contributed by atoms with Crippen molar-refractivity contribution in [1.29, 1.82) is 0 Å². The molecule has 0 saturated carbocycles. The van der Waals surface area contributed by atoms with E-state index in [0.29, 0.717) is 26.0 Å². The summed E-state index contributed by atoms with van der Waals surface area (Å²) in [6.07, 6.45) is 14.5. The number of imide groups is 1. The number of hydrogen-bond donors (Lipinski definition) is 1. The van der Waals surface area contributed by atoms with Crippen LogP contribution >= 0.6 is 0 Å². The molecule has 0 aliphatic carbocycles. The van der Waals surface area contributed by atoms with E-state index >= 15 is 0 Å². The third-order valence-electron chi connectivity index (χ3n) is 6.97. The van der Waals surface area contributed by atoms with Crippen LogP contribution in [0.2, 0.25) is 0 Å². The summed E-state index contributed by atoms with van der Waals surface area (Å²) in [5.74, 6) is -0.0466. The molecule has 1 N–H and O–H groups in total. The van der Waals surface area contributed by atoms with E-state index in [1.807, 2.05) is 0 Å². The Morgan fingerprint density at radius 1 is 0.781 bits per heavy atom. The fraction of sp³-hybridized carbons (Fsp3) is 0.923. The summed E-state index contributed by atoms with van der Waals surface area (Å²) < 4.78 is 0. The molecular weight excluding hydrogens is 402 g/mol. The fourth-order valence-electron chi connectivity index (χ4n) is 5.91. The minimum absolute atomic E-state index is 0.0466. The number of hydrogen-bond acceptors (Lipinski definition) is 4. The largest absolute Gasteiger partial charge is 0.325 e. The summed E-state index contributed by atoms with van der Waals surface area (Å²) in [6.45, 7) is 14.0. The number of hydroxylamine groups is 2. The van der Waals surface area contributed by atoms with E-state index in [4.69, 9.17) is 4.84 Å². The molecule has 6 heteroatoms. The van der Waals surface area contributed by atoms with Crippen LogP contribution in [0, 0.1) is 0 Å². The predicted molar refractivity (Wildman–Crippen MR) is 130 cm³/mol. The van der Waals surface area contributed by atoms with Gasteiger partial charge in [0.1, 0.15) is 5.54 Å². The number of carbonyl (C=O) groups excluding carboxylic acids is 2. The van der Waals surface area contributed by atoms with Crippen LogP contribution in [0.4, 0.5) is 4.79 Å². The lowest BCUT2D eigenvalue weighted by Crippen LogP contribution is -2.69. The molecule has 2 aliphatic rings. The van der Waals surface area contributed by atoms with Crippen molar-refractivity contribution in [2.75, 3.05) is 13.2 Å². The van der Waals surface area contributed by atoms with Gasteiger partial charge in [0.25, 0.3) is 5.91 Å². The molecule has 0 bridgehead atoms. The van der Waals surface area contributed by atoms with Gasteiger partial charge in [-0.25, -0.2) is 4.79 Å². The van der Waals surface area contributed by atoms with E-state index in [1.54, 1.807) is 0 Å². The first kappa shape index (κ1) is 27.1. The number of nitrogens with zero attached hydrogens (tertiary/aromatic N) is 2. The number of rotatable bonds is 14. The number of nitrogens with one attached hydrogen (secondary N) is 1. The van der Waals surface area contributed by atoms with Crippen molar-refractivity contribution in [3.05, 3.63) is 0 Å². The van der Waals surface area contributed by atoms with Gasteiger partial charge in [-0.3, -0.25) is 14.5 Å². The van der Waals surface area contributed by atoms with Crippen LogP contribution in [0.3, 0.4) is 0 Å². The van der Waals surface area contributed by atoms with Crippen LogP contribution in [0.25, 0.3) is 0 Å². The lowest BCUT2D eigenvalue weighted by molar-refractivity contribution is -0.288. The molecule has 186 valence electrons. The van der Waals surface area contributed by atoms with Crippen LogP contribution in [-0.2, 0) is 9.63 Å². The molecule has 2 rings (SSSR count). The zero-order chi connectivity index (χ0) is 23.8. The molecule has 0 atom stereocenters. The highest BCUT2D eigenvalue weighted by Gasteiger charge is 2.61. The molecule has 2 aliphatic heterocycles. The molecule has 32 heavy (non-hydrogen) atoms. The lowest BCUT2D eigenvalue weighted by Gasteiger charge is -2.56. The maximum Gasteiger partial charge on any atom is 0.325 e. The van der Waals surface area contributed by atoms with E-state index in [1.165, 1.54) is 56.3 Å². The molecular formula is C26H49N3O3. The first-order chi connectivity index (χ1) is 15.1. The standard InChI is InChI=1S/C26H49N3O3/c1-7-9-10-11-12-13-14-15-16-17-18-28-22(30)26(27-23(28)31)20-24(3,4)29(32-19-8-2)25(5,6)21-26/h7-21H2,1-6H3,(H,27,31). The maximum absolute atomic E-state index is 13.5. The van der Waals surface area contributed by atoms with Gasteiger partial charge in [-0.2, -0.15) is 5.06 Å². The molecule has 0 aromatic rings. The van der Waals surface area contributed by atoms with Crippen LogP contribution in [-0.4, -0.2) is 51.7 Å². The summed E-state index contributed by atoms with van der Waals surface area (Å²) in [4.78, 5) is 33.8. The number of piperidine rings is 1. The molecule has 0 aromatic carbocycles. The molecule has 2 fully saturated rings. The second kappa shape index (κ2) is 11.8. The Labute approximate surface area is 196 Å². The van der Waals surface area contributed by atoms with Gasteiger partial charge in [0.15, 0.2) is 0 Å². The Bertz CT molecular complexity index is 599. The number of amides is 3. The van der Waals surface area contributed by atoms with Gasteiger partial charge in [-0.15, -0.1) is 0 Å². The average molecular weight is 452 g/mol. The zero-order valence-corrected chi connectivity index (χ0v) is 21.7. The summed E-state index contributed by atoms with van der Waals surface area (Å²) in [7, 11) is 0. The minimum Gasteiger partial charge on any atom is -0.323 e. The Hall–Kier alpha value is -1.14. The van der Waals surface area contributed by atoms with E-state index < -0.39 is 5.54 Å². The van der Waals surface area contributed by atoms with Gasteiger partial charge in [0.05, 0.1) is 6.61 Å². The molecule has 2 saturated heterocycles. The van der Waals surface area contributed by atoms with Crippen molar-refractivity contribution in [2.24, 2.45) is 0 Å². The minimum atomic E-state index is -0.825. The first-order valence-electron chi connectivity index (χ1n) is 13.2. The van der Waals surface area contributed by atoms with Crippen LogP contribution in [0.5, 0.6) is 0 Å². The van der Waals surface area contributed by atoms with E-state index in [0.717, 1.165) is 19.3 Å². The van der Waals surface area contributed by atoms with Crippen LogP contribution in [0.1, 0.15) is 125 Å². The molecule has 0 aromatic heterocycles. The van der Waals surface area contributed by atoms with Gasteiger partial charge < -0.3 is 5.32 Å². The topological polar surface area (TPSA) is 61.9 Å². The van der Waals surface area contributed by atoms with Crippen molar-refractivity contribution in [3.63, 3.8) is 0 Å². The Balaban J connectivity index is 1.84. The molecule has 0 unspecified atom stereocenters. The third kappa shape index (κ3) is 6.69. The van der Waals surface area contributed by atoms with E-state index in [9.17, 15) is 9.59 Å². The monoisotopic (exact) mass is 451 g/mol. The van der Waals surface area contributed by atoms with E-state index in [-0.39, 0.29) is 23.0 Å². The van der Waals surface area contributed by atoms with Crippen molar-refractivity contribution in [1.82, 2.24) is 15.3 Å². The molecule has 3 amide bonds. The lowest BCUT2D eigenvalue weighted by atomic mass is 9.70. The summed E-state index contributed by atoms with van der Waals surface area (Å²) in [5, 5.41) is 5.15. The Morgan fingerprint density at radius 3 is 1.78 bits per heavy atom. The second-order valence-electron chi connectivity index (χ2n) is 11.3. The average Bonchev–Trinajstić information content (AvgIpc) is 2.90. The van der Waals surface area contributed by atoms with Crippen LogP contribution in [0.15, 0.2) is 0 Å². The third-order valence-corrected chi connectivity index (χ3v) is 6.97. The van der Waals surface area contributed by atoms with Gasteiger partial charge in [0.2, 0.25) is 0 Å². The molecule has 1 spiro atoms. The first-order valence-corrected chi connectivity index (χ1v) is 13.2. The predicted octanol–water partition coefficient (Wildman–Crippen LogP) is 6.19. The van der Waals surface area contributed by atoms with Crippen LogP contribution < -0.4 is 5.32 Å². The van der Waals surface area contributed by atoms with Crippen molar-refractivity contribution in [2.45, 2.75) is 142 Å². The SMILES string of the molecule is CCCCCCCCCCCCN1C(=O)NC2(CC(C)(C)N(OCCC)C(C)(C)C2)C1=O. The smallest absolute Gasteiger partial charge is 0.323 e. The molecule has 2 heterocycles. The van der Waals surface area contributed by atoms with Gasteiger partial charge >= 0.3 is 6.03 Å². The zero-order valence-electron chi connectivity index (χ0n) is 21.7. The molecule has 0 radical (unpaired) electrons. The Kier molecular flexibility index (Phi) is 10.0. The number of urea groups is 1. The highest BCUT2D eigenvalue weighted by molar-refractivity contribution is 6.07. The van der Waals surface area contributed by atoms with Gasteiger partial charge in [0, 0.05) is 17.6 Å². The Morgan fingerprint density at radius 2 is 1.28 bits per heavy atom.